The van der Waals surface area contributed by atoms with Crippen molar-refractivity contribution in [2.45, 2.75) is 25.9 Å². The van der Waals surface area contributed by atoms with Gasteiger partial charge >= 0.3 is 12.1 Å². The number of aromatic nitrogens is 1. The van der Waals surface area contributed by atoms with Crippen LogP contribution in [0.1, 0.15) is 29.7 Å². The summed E-state index contributed by atoms with van der Waals surface area (Å²) in [5, 5.41) is 0. The summed E-state index contributed by atoms with van der Waals surface area (Å²) in [5.41, 5.74) is 5.01. The van der Waals surface area contributed by atoms with Crippen molar-refractivity contribution in [3.8, 4) is 0 Å². The number of anilines is 1. The van der Waals surface area contributed by atoms with Crippen LogP contribution in [-0.4, -0.2) is 23.7 Å². The second kappa shape index (κ2) is 5.07. The van der Waals surface area contributed by atoms with Crippen LogP contribution in [0.4, 0.5) is 19.1 Å². The largest absolute Gasteiger partial charge is 0.461 e. The monoisotopic (exact) mass is 252 g/mol. The number of nitrogen functional groups attached to an aromatic ring is 1. The van der Waals surface area contributed by atoms with Crippen molar-refractivity contribution in [2.24, 2.45) is 0 Å². The maximum absolute atomic E-state index is 11.9. The first-order chi connectivity index (χ1) is 7.83. The van der Waals surface area contributed by atoms with Gasteiger partial charge in [-0.3, -0.25) is 0 Å². The molecule has 0 saturated carbocycles. The molecule has 0 fully saturated rings. The smallest absolute Gasteiger partial charge is 0.389 e. The Hall–Kier alpha value is -1.73. The molecule has 0 spiro atoms. The van der Waals surface area contributed by atoms with Gasteiger partial charge in [-0.15, -0.1) is 0 Å². The Labute approximate surface area is 94.7 Å². The van der Waals surface area contributed by atoms with E-state index in [0.29, 0.717) is 0 Å². The van der Waals surface area contributed by atoms with Crippen LogP contribution in [0.25, 0.3) is 0 Å². The molecule has 2 N–H and O–H groups in total. The molecule has 0 aliphatic heterocycles. The van der Waals surface area contributed by atoms with Crippen LogP contribution < -0.4 is 5.73 Å². The Morgan fingerprint density at radius 2 is 2.18 bits per heavy atom. The third kappa shape index (κ3) is 3.97. The number of halogens is 3. The van der Waals surface area contributed by atoms with Gasteiger partial charge in [0.2, 0.25) is 11.6 Å². The summed E-state index contributed by atoms with van der Waals surface area (Å²) >= 11 is 0. The molecule has 1 aromatic rings. The molecule has 96 valence electrons. The number of nitrogens with zero attached hydrogens (tertiary/aromatic N) is 1. The van der Waals surface area contributed by atoms with Gasteiger partial charge in [0.15, 0.2) is 5.89 Å². The molecule has 17 heavy (non-hydrogen) atoms. The highest BCUT2D eigenvalue weighted by molar-refractivity contribution is 5.91. The molecule has 0 bridgehead atoms. The van der Waals surface area contributed by atoms with Crippen LogP contribution in [0.2, 0.25) is 0 Å². The zero-order chi connectivity index (χ0) is 13.1. The van der Waals surface area contributed by atoms with Crippen molar-refractivity contribution in [3.05, 3.63) is 11.6 Å². The lowest BCUT2D eigenvalue weighted by Gasteiger charge is -2.02. The normalized spacial score (nSPS) is 11.5. The molecular weight excluding hydrogens is 241 g/mol. The summed E-state index contributed by atoms with van der Waals surface area (Å²) in [4.78, 5) is 14.8. The summed E-state index contributed by atoms with van der Waals surface area (Å²) in [7, 11) is 0. The van der Waals surface area contributed by atoms with Crippen molar-refractivity contribution in [1.82, 2.24) is 4.98 Å². The number of ether oxygens (including phenoxy) is 1. The first-order valence-corrected chi connectivity index (χ1v) is 4.82. The van der Waals surface area contributed by atoms with Crippen LogP contribution in [0, 0.1) is 0 Å². The lowest BCUT2D eigenvalue weighted by atomic mass is 10.3. The minimum absolute atomic E-state index is 0.114. The van der Waals surface area contributed by atoms with Crippen molar-refractivity contribution in [1.29, 1.82) is 0 Å². The standard InChI is InChI=1S/C9H11F3N2O3/c1-2-16-8(15)6-7(13)17-5(14-6)3-4-9(10,11)12/h2-4,13H2,1H3. The van der Waals surface area contributed by atoms with Crippen LogP contribution in [0.5, 0.6) is 0 Å². The molecule has 5 nitrogen and oxygen atoms in total. The van der Waals surface area contributed by atoms with Crippen molar-refractivity contribution < 1.29 is 27.1 Å². The quantitative estimate of drug-likeness (QED) is 0.828. The molecule has 0 saturated heterocycles. The van der Waals surface area contributed by atoms with Gasteiger partial charge in [-0.2, -0.15) is 13.2 Å². The number of rotatable bonds is 4. The van der Waals surface area contributed by atoms with E-state index in [1.54, 1.807) is 6.92 Å². The highest BCUT2D eigenvalue weighted by Crippen LogP contribution is 2.23. The number of carbonyl (C=O) groups excluding carboxylic acids is 1. The van der Waals surface area contributed by atoms with E-state index in [-0.39, 0.29) is 24.1 Å². The average molecular weight is 252 g/mol. The number of carbonyl (C=O) groups is 1. The second-order valence-electron chi connectivity index (χ2n) is 3.16. The van der Waals surface area contributed by atoms with Gasteiger partial charge < -0.3 is 14.9 Å². The first-order valence-electron chi connectivity index (χ1n) is 4.82. The number of alkyl halides is 3. The number of oxazole rings is 1. The number of nitrogens with two attached hydrogens (primary N) is 1. The summed E-state index contributed by atoms with van der Waals surface area (Å²) in [6.07, 6.45) is -5.87. The first kappa shape index (κ1) is 13.3. The molecule has 1 aromatic heterocycles. The molecule has 0 unspecified atom stereocenters. The number of aryl methyl sites for hydroxylation is 1. The molecule has 1 rings (SSSR count). The minimum Gasteiger partial charge on any atom is -0.461 e. The van der Waals surface area contributed by atoms with Crippen LogP contribution in [0.3, 0.4) is 0 Å². The highest BCUT2D eigenvalue weighted by Gasteiger charge is 2.28. The van der Waals surface area contributed by atoms with E-state index in [0.717, 1.165) is 0 Å². The zero-order valence-electron chi connectivity index (χ0n) is 9.00. The van der Waals surface area contributed by atoms with Crippen molar-refractivity contribution >= 4 is 11.9 Å². The molecule has 0 aliphatic carbocycles. The van der Waals surface area contributed by atoms with Gasteiger partial charge in [0, 0.05) is 6.42 Å². The van der Waals surface area contributed by atoms with E-state index in [1.165, 1.54) is 0 Å². The Balaban J connectivity index is 2.71. The fraction of sp³-hybridized carbons (Fsp3) is 0.556. The van der Waals surface area contributed by atoms with Gasteiger partial charge in [0.05, 0.1) is 13.0 Å². The molecule has 8 heteroatoms. The van der Waals surface area contributed by atoms with Gasteiger partial charge in [-0.1, -0.05) is 0 Å². The summed E-state index contributed by atoms with van der Waals surface area (Å²) in [6.45, 7) is 1.70. The molecule has 0 atom stereocenters. The third-order valence-corrected chi connectivity index (χ3v) is 1.79. The molecule has 0 radical (unpaired) electrons. The fourth-order valence-electron chi connectivity index (χ4n) is 1.08. The van der Waals surface area contributed by atoms with Gasteiger partial charge in [-0.25, -0.2) is 9.78 Å². The van der Waals surface area contributed by atoms with Crippen LogP contribution in [-0.2, 0) is 11.2 Å². The number of hydrogen-bond donors (Lipinski definition) is 1. The van der Waals surface area contributed by atoms with E-state index >= 15 is 0 Å². The molecular formula is C9H11F3N2O3. The van der Waals surface area contributed by atoms with Gasteiger partial charge in [-0.05, 0) is 6.92 Å². The zero-order valence-corrected chi connectivity index (χ0v) is 9.00. The highest BCUT2D eigenvalue weighted by atomic mass is 19.4. The van der Waals surface area contributed by atoms with E-state index < -0.39 is 25.0 Å². The second-order valence-corrected chi connectivity index (χ2v) is 3.16. The summed E-state index contributed by atoms with van der Waals surface area (Å²) in [6, 6.07) is 0. The topological polar surface area (TPSA) is 78.3 Å². The lowest BCUT2D eigenvalue weighted by molar-refractivity contribution is -0.134. The lowest BCUT2D eigenvalue weighted by Crippen LogP contribution is -2.09. The molecule has 0 aliphatic rings. The number of hydrogen-bond acceptors (Lipinski definition) is 5. The maximum atomic E-state index is 11.9. The van der Waals surface area contributed by atoms with Crippen molar-refractivity contribution in [2.75, 3.05) is 12.3 Å². The fourth-order valence-corrected chi connectivity index (χ4v) is 1.08. The van der Waals surface area contributed by atoms with E-state index in [4.69, 9.17) is 10.2 Å². The summed E-state index contributed by atoms with van der Waals surface area (Å²) in [5.74, 6) is -1.38. The van der Waals surface area contributed by atoms with Crippen LogP contribution in [0.15, 0.2) is 4.42 Å². The molecule has 0 aromatic carbocycles. The minimum atomic E-state index is -4.31. The maximum Gasteiger partial charge on any atom is 0.389 e. The number of esters is 1. The SMILES string of the molecule is CCOC(=O)c1nc(CCC(F)(F)F)oc1N. The van der Waals surface area contributed by atoms with E-state index in [9.17, 15) is 18.0 Å². The molecule has 0 amide bonds. The average Bonchev–Trinajstić information content (AvgIpc) is 2.56. The van der Waals surface area contributed by atoms with Crippen molar-refractivity contribution in [3.63, 3.8) is 0 Å². The van der Waals surface area contributed by atoms with E-state index in [1.807, 2.05) is 0 Å². The van der Waals surface area contributed by atoms with Gasteiger partial charge in [0.1, 0.15) is 0 Å². The van der Waals surface area contributed by atoms with Crippen LogP contribution >= 0.6 is 0 Å². The third-order valence-electron chi connectivity index (χ3n) is 1.79. The predicted octanol–water partition coefficient (Wildman–Crippen LogP) is 1.93. The Kier molecular flexibility index (Phi) is 3.97. The molecule has 1 heterocycles. The van der Waals surface area contributed by atoms with E-state index in [2.05, 4.69) is 9.72 Å². The Bertz CT molecular complexity index is 401. The predicted molar refractivity (Wildman–Crippen MR) is 51.2 cm³/mol. The Morgan fingerprint density at radius 3 is 2.71 bits per heavy atom. The van der Waals surface area contributed by atoms with Gasteiger partial charge in [0.25, 0.3) is 0 Å². The Morgan fingerprint density at radius 1 is 1.53 bits per heavy atom. The summed E-state index contributed by atoms with van der Waals surface area (Å²) < 4.78 is 45.2.